The first-order valence-corrected chi connectivity index (χ1v) is 7.34. The molecule has 0 saturated carbocycles. The second kappa shape index (κ2) is 8.08. The third kappa shape index (κ3) is 5.13. The first-order valence-electron chi connectivity index (χ1n) is 7.34. The van der Waals surface area contributed by atoms with Crippen LogP contribution in [0.15, 0.2) is 54.6 Å². The molecule has 0 fully saturated rings. The second-order valence-electron chi connectivity index (χ2n) is 5.03. The molecule has 22 heavy (non-hydrogen) atoms. The van der Waals surface area contributed by atoms with Crippen LogP contribution in [0.2, 0.25) is 0 Å². The molecule has 0 aliphatic rings. The van der Waals surface area contributed by atoms with Gasteiger partial charge in [0.05, 0.1) is 6.54 Å². The summed E-state index contributed by atoms with van der Waals surface area (Å²) in [6, 6.07) is 17.1. The number of carbonyl (C=O) groups is 1. The predicted molar refractivity (Wildman–Crippen MR) is 86.2 cm³/mol. The highest BCUT2D eigenvalue weighted by Gasteiger charge is 2.13. The fourth-order valence-electron chi connectivity index (χ4n) is 1.95. The number of hydrogen-bond donors (Lipinski definition) is 1. The Hall–Kier alpha value is -2.49. The van der Waals surface area contributed by atoms with Gasteiger partial charge in [0.1, 0.15) is 18.1 Å². The Morgan fingerprint density at radius 2 is 1.82 bits per heavy atom. The van der Waals surface area contributed by atoms with E-state index >= 15 is 0 Å². The molecule has 0 radical (unpaired) electrons. The molecule has 116 valence electrons. The summed E-state index contributed by atoms with van der Waals surface area (Å²) in [5.74, 6) is 1.33. The van der Waals surface area contributed by atoms with E-state index in [0.29, 0.717) is 18.9 Å². The minimum absolute atomic E-state index is 0.156. The Kier molecular flexibility index (Phi) is 5.83. The average molecular weight is 299 g/mol. The third-order valence-electron chi connectivity index (χ3n) is 3.08. The summed E-state index contributed by atoms with van der Waals surface area (Å²) in [6.45, 7) is 4.60. The number of hydrogen-bond acceptors (Lipinski definition) is 3. The number of carbonyl (C=O) groups excluding carboxylic acids is 1. The Morgan fingerprint density at radius 1 is 1.09 bits per heavy atom. The van der Waals surface area contributed by atoms with E-state index in [1.54, 1.807) is 6.92 Å². The Bertz CT molecular complexity index is 598. The lowest BCUT2D eigenvalue weighted by Gasteiger charge is -2.15. The molecule has 0 aromatic heterocycles. The van der Waals surface area contributed by atoms with Crippen molar-refractivity contribution in [3.63, 3.8) is 0 Å². The van der Waals surface area contributed by atoms with Crippen LogP contribution >= 0.6 is 0 Å². The molecule has 4 heteroatoms. The molecule has 1 amide bonds. The number of para-hydroxylation sites is 1. The predicted octanol–water partition coefficient (Wildman–Crippen LogP) is 2.96. The fourth-order valence-corrected chi connectivity index (χ4v) is 1.95. The van der Waals surface area contributed by atoms with Gasteiger partial charge in [-0.15, -0.1) is 0 Å². The molecule has 0 aliphatic heterocycles. The van der Waals surface area contributed by atoms with Gasteiger partial charge in [0.2, 0.25) is 0 Å². The van der Waals surface area contributed by atoms with Crippen LogP contribution in [0.5, 0.6) is 11.5 Å². The molecule has 2 aromatic rings. The van der Waals surface area contributed by atoms with Crippen molar-refractivity contribution in [3.8, 4) is 11.5 Å². The SMILES string of the molecule is Cc1cccc(OCCNC(=O)[C@@H](C)Oc2ccccc2)c1. The standard InChI is InChI=1S/C18H21NO3/c1-14-7-6-10-17(13-14)21-12-11-19-18(20)15(2)22-16-8-4-3-5-9-16/h3-10,13,15H,11-12H2,1-2H3,(H,19,20)/t15-/m1/s1. The van der Waals surface area contributed by atoms with Crippen molar-refractivity contribution >= 4 is 5.91 Å². The van der Waals surface area contributed by atoms with Crippen molar-refractivity contribution in [2.45, 2.75) is 20.0 Å². The summed E-state index contributed by atoms with van der Waals surface area (Å²) in [6.07, 6.45) is -0.540. The van der Waals surface area contributed by atoms with Crippen LogP contribution in [0.25, 0.3) is 0 Å². The number of amides is 1. The van der Waals surface area contributed by atoms with Gasteiger partial charge < -0.3 is 14.8 Å². The van der Waals surface area contributed by atoms with Crippen LogP contribution in [0.1, 0.15) is 12.5 Å². The van der Waals surface area contributed by atoms with Crippen LogP contribution < -0.4 is 14.8 Å². The quantitative estimate of drug-likeness (QED) is 0.800. The zero-order chi connectivity index (χ0) is 15.8. The summed E-state index contributed by atoms with van der Waals surface area (Å²) >= 11 is 0. The van der Waals surface area contributed by atoms with Gasteiger partial charge in [-0.25, -0.2) is 0 Å². The Morgan fingerprint density at radius 3 is 2.55 bits per heavy atom. The van der Waals surface area contributed by atoms with Crippen LogP contribution in [-0.2, 0) is 4.79 Å². The molecule has 0 heterocycles. The topological polar surface area (TPSA) is 47.6 Å². The van der Waals surface area contributed by atoms with E-state index in [9.17, 15) is 4.79 Å². The fraction of sp³-hybridized carbons (Fsp3) is 0.278. The third-order valence-corrected chi connectivity index (χ3v) is 3.08. The largest absolute Gasteiger partial charge is 0.492 e. The highest BCUT2D eigenvalue weighted by Crippen LogP contribution is 2.12. The number of rotatable bonds is 7. The lowest BCUT2D eigenvalue weighted by molar-refractivity contribution is -0.127. The lowest BCUT2D eigenvalue weighted by Crippen LogP contribution is -2.38. The summed E-state index contributed by atoms with van der Waals surface area (Å²) in [4.78, 5) is 11.9. The molecule has 4 nitrogen and oxygen atoms in total. The van der Waals surface area contributed by atoms with Gasteiger partial charge in [-0.2, -0.15) is 0 Å². The van der Waals surface area contributed by atoms with E-state index in [2.05, 4.69) is 5.32 Å². The van der Waals surface area contributed by atoms with Gasteiger partial charge in [-0.1, -0.05) is 30.3 Å². The van der Waals surface area contributed by atoms with Crippen LogP contribution in [0, 0.1) is 6.92 Å². The van der Waals surface area contributed by atoms with Gasteiger partial charge in [0.15, 0.2) is 6.10 Å². The second-order valence-corrected chi connectivity index (χ2v) is 5.03. The summed E-state index contributed by atoms with van der Waals surface area (Å²) in [5.41, 5.74) is 1.14. The van der Waals surface area contributed by atoms with Crippen molar-refractivity contribution in [3.05, 3.63) is 60.2 Å². The van der Waals surface area contributed by atoms with Crippen LogP contribution in [0.4, 0.5) is 0 Å². The number of benzene rings is 2. The van der Waals surface area contributed by atoms with Gasteiger partial charge >= 0.3 is 0 Å². The molecule has 2 rings (SSSR count). The van der Waals surface area contributed by atoms with Crippen molar-refractivity contribution < 1.29 is 14.3 Å². The molecular weight excluding hydrogens is 278 g/mol. The monoisotopic (exact) mass is 299 g/mol. The van der Waals surface area contributed by atoms with Crippen molar-refractivity contribution in [2.75, 3.05) is 13.2 Å². The number of nitrogens with one attached hydrogen (secondary N) is 1. The minimum atomic E-state index is -0.540. The van der Waals surface area contributed by atoms with E-state index in [4.69, 9.17) is 9.47 Å². The van der Waals surface area contributed by atoms with E-state index in [-0.39, 0.29) is 5.91 Å². The lowest BCUT2D eigenvalue weighted by atomic mass is 10.2. The maximum atomic E-state index is 11.9. The molecule has 0 bridgehead atoms. The van der Waals surface area contributed by atoms with E-state index < -0.39 is 6.10 Å². The minimum Gasteiger partial charge on any atom is -0.492 e. The zero-order valence-corrected chi connectivity index (χ0v) is 12.9. The van der Waals surface area contributed by atoms with Crippen molar-refractivity contribution in [1.82, 2.24) is 5.32 Å². The molecule has 0 aliphatic carbocycles. The van der Waals surface area contributed by atoms with Gasteiger partial charge in [-0.3, -0.25) is 4.79 Å². The molecule has 1 atom stereocenters. The Labute approximate surface area is 131 Å². The molecule has 0 saturated heterocycles. The number of ether oxygens (including phenoxy) is 2. The zero-order valence-electron chi connectivity index (χ0n) is 12.9. The van der Waals surface area contributed by atoms with Crippen molar-refractivity contribution in [2.24, 2.45) is 0 Å². The highest BCUT2D eigenvalue weighted by atomic mass is 16.5. The van der Waals surface area contributed by atoms with E-state index in [1.165, 1.54) is 0 Å². The maximum absolute atomic E-state index is 11.9. The van der Waals surface area contributed by atoms with Gasteiger partial charge in [-0.05, 0) is 43.7 Å². The average Bonchev–Trinajstić information content (AvgIpc) is 2.52. The van der Waals surface area contributed by atoms with Gasteiger partial charge in [0.25, 0.3) is 5.91 Å². The van der Waals surface area contributed by atoms with Gasteiger partial charge in [0, 0.05) is 0 Å². The molecule has 2 aromatic carbocycles. The molecular formula is C18H21NO3. The normalized spacial score (nSPS) is 11.5. The summed E-state index contributed by atoms with van der Waals surface area (Å²) in [5, 5.41) is 2.80. The maximum Gasteiger partial charge on any atom is 0.260 e. The molecule has 1 N–H and O–H groups in total. The molecule has 0 unspecified atom stereocenters. The first-order chi connectivity index (χ1) is 10.6. The Balaban J connectivity index is 1.69. The summed E-state index contributed by atoms with van der Waals surface area (Å²) in [7, 11) is 0. The first kappa shape index (κ1) is 15.9. The van der Waals surface area contributed by atoms with E-state index in [1.807, 2.05) is 61.5 Å². The summed E-state index contributed by atoms with van der Waals surface area (Å²) < 4.78 is 11.1. The van der Waals surface area contributed by atoms with Crippen LogP contribution in [0.3, 0.4) is 0 Å². The molecule has 0 spiro atoms. The van der Waals surface area contributed by atoms with Crippen molar-refractivity contribution in [1.29, 1.82) is 0 Å². The van der Waals surface area contributed by atoms with E-state index in [0.717, 1.165) is 11.3 Å². The highest BCUT2D eigenvalue weighted by molar-refractivity contribution is 5.80. The smallest absolute Gasteiger partial charge is 0.260 e. The van der Waals surface area contributed by atoms with Crippen LogP contribution in [-0.4, -0.2) is 25.2 Å². The number of aryl methyl sites for hydroxylation is 1.